The summed E-state index contributed by atoms with van der Waals surface area (Å²) in [7, 11) is 2.12. The number of hydrogen-bond acceptors (Lipinski definition) is 5. The van der Waals surface area contributed by atoms with Crippen LogP contribution in [0.25, 0.3) is 10.1 Å². The van der Waals surface area contributed by atoms with Gasteiger partial charge < -0.3 is 10.2 Å². The van der Waals surface area contributed by atoms with Gasteiger partial charge in [0.05, 0.1) is 6.04 Å². The van der Waals surface area contributed by atoms with Crippen LogP contribution in [-0.4, -0.2) is 55.1 Å². The van der Waals surface area contributed by atoms with E-state index >= 15 is 0 Å². The Morgan fingerprint density at radius 1 is 1.26 bits per heavy atom. The lowest BCUT2D eigenvalue weighted by atomic mass is 9.98. The van der Waals surface area contributed by atoms with Gasteiger partial charge >= 0.3 is 0 Å². The summed E-state index contributed by atoms with van der Waals surface area (Å²) in [4.78, 5) is 16.2. The molecule has 122 valence electrons. The van der Waals surface area contributed by atoms with E-state index in [0.717, 1.165) is 39.1 Å². The summed E-state index contributed by atoms with van der Waals surface area (Å²) in [6, 6.07) is 8.36. The van der Waals surface area contributed by atoms with Crippen LogP contribution in [0.1, 0.15) is 10.4 Å². The minimum absolute atomic E-state index is 0.0930. The number of amides is 1. The van der Waals surface area contributed by atoms with Crippen LogP contribution in [0.2, 0.25) is 0 Å². The maximum atomic E-state index is 12.6. The van der Waals surface area contributed by atoms with E-state index in [0.29, 0.717) is 0 Å². The molecule has 1 atom stereocenters. The van der Waals surface area contributed by atoms with Crippen molar-refractivity contribution < 1.29 is 4.79 Å². The summed E-state index contributed by atoms with van der Waals surface area (Å²) in [6.45, 7) is 4.56. The monoisotopic (exact) mass is 330 g/mol. The SMILES string of the molecule is CN1CCN(NC(=O)[C@H]2Cc3c(sc4ccccc34)CN2)CC1. The standard InChI is InChI=1S/C17H22N4OS/c1-20-6-8-21(9-7-20)19-17(22)14-10-13-12-4-2-3-5-15(12)23-16(13)11-18-14/h2-5,14,18H,6-11H2,1H3,(H,19,22)/t14-/m1/s1. The summed E-state index contributed by atoms with van der Waals surface area (Å²) >= 11 is 1.84. The van der Waals surface area contributed by atoms with Gasteiger partial charge in [0.1, 0.15) is 0 Å². The van der Waals surface area contributed by atoms with Gasteiger partial charge in [-0.15, -0.1) is 11.3 Å². The van der Waals surface area contributed by atoms with Gasteiger partial charge in [-0.25, -0.2) is 5.01 Å². The number of rotatable bonds is 2. The molecule has 0 saturated carbocycles. The van der Waals surface area contributed by atoms with E-state index in [2.05, 4.69) is 47.0 Å². The van der Waals surface area contributed by atoms with Crippen LogP contribution in [0.15, 0.2) is 24.3 Å². The van der Waals surface area contributed by atoms with E-state index < -0.39 is 0 Å². The molecule has 4 rings (SSSR count). The first-order valence-corrected chi connectivity index (χ1v) is 8.99. The van der Waals surface area contributed by atoms with Crippen LogP contribution in [-0.2, 0) is 17.8 Å². The van der Waals surface area contributed by atoms with Gasteiger partial charge in [-0.1, -0.05) is 18.2 Å². The molecule has 0 spiro atoms. The summed E-state index contributed by atoms with van der Waals surface area (Å²) in [6.07, 6.45) is 0.777. The van der Waals surface area contributed by atoms with E-state index in [1.807, 2.05) is 16.3 Å². The third-order valence-electron chi connectivity index (χ3n) is 4.79. The molecule has 2 aliphatic rings. The third-order valence-corrected chi connectivity index (χ3v) is 6.00. The molecular formula is C17H22N4OS. The zero-order valence-electron chi connectivity index (χ0n) is 13.3. The smallest absolute Gasteiger partial charge is 0.251 e. The zero-order valence-corrected chi connectivity index (χ0v) is 14.2. The van der Waals surface area contributed by atoms with E-state index in [9.17, 15) is 4.79 Å². The van der Waals surface area contributed by atoms with Crippen LogP contribution < -0.4 is 10.7 Å². The van der Waals surface area contributed by atoms with Crippen molar-refractivity contribution in [3.05, 3.63) is 34.7 Å². The maximum Gasteiger partial charge on any atom is 0.251 e. The highest BCUT2D eigenvalue weighted by molar-refractivity contribution is 7.19. The number of piperazine rings is 1. The van der Waals surface area contributed by atoms with Gasteiger partial charge in [0.2, 0.25) is 0 Å². The first-order chi connectivity index (χ1) is 11.2. The van der Waals surface area contributed by atoms with Crippen molar-refractivity contribution >= 4 is 27.3 Å². The van der Waals surface area contributed by atoms with Crippen molar-refractivity contribution in [2.75, 3.05) is 33.2 Å². The van der Waals surface area contributed by atoms with Crippen molar-refractivity contribution in [2.45, 2.75) is 19.0 Å². The number of fused-ring (bicyclic) bond motifs is 3. The molecule has 3 heterocycles. The number of benzene rings is 1. The molecule has 1 aromatic carbocycles. The molecule has 1 aromatic heterocycles. The molecule has 23 heavy (non-hydrogen) atoms. The average molecular weight is 330 g/mol. The molecule has 0 bridgehead atoms. The molecule has 1 saturated heterocycles. The van der Waals surface area contributed by atoms with Crippen molar-refractivity contribution in [1.82, 2.24) is 20.7 Å². The van der Waals surface area contributed by atoms with Gasteiger partial charge in [-0.3, -0.25) is 10.2 Å². The van der Waals surface area contributed by atoms with Crippen molar-refractivity contribution in [3.63, 3.8) is 0 Å². The number of thiophene rings is 1. The Kier molecular flexibility index (Phi) is 4.07. The highest BCUT2D eigenvalue weighted by Crippen LogP contribution is 2.34. The highest BCUT2D eigenvalue weighted by Gasteiger charge is 2.28. The Morgan fingerprint density at radius 2 is 2.04 bits per heavy atom. The molecule has 0 unspecified atom stereocenters. The Bertz CT molecular complexity index is 720. The topological polar surface area (TPSA) is 47.6 Å². The fourth-order valence-corrected chi connectivity index (χ4v) is 4.53. The number of hydrazine groups is 1. The number of hydrogen-bond donors (Lipinski definition) is 2. The molecule has 2 N–H and O–H groups in total. The number of nitrogens with zero attached hydrogens (tertiary/aromatic N) is 2. The van der Waals surface area contributed by atoms with Gasteiger partial charge in [0.15, 0.2) is 0 Å². The van der Waals surface area contributed by atoms with Gasteiger partial charge in [-0.05, 0) is 30.5 Å². The molecule has 6 heteroatoms. The van der Waals surface area contributed by atoms with Crippen molar-refractivity contribution in [2.24, 2.45) is 0 Å². The fraction of sp³-hybridized carbons (Fsp3) is 0.471. The van der Waals surface area contributed by atoms with Crippen LogP contribution >= 0.6 is 11.3 Å². The summed E-state index contributed by atoms with van der Waals surface area (Å²) in [5.41, 5.74) is 4.44. The lowest BCUT2D eigenvalue weighted by molar-refractivity contribution is -0.129. The Labute approximate surface area is 140 Å². The minimum Gasteiger partial charge on any atom is -0.304 e. The zero-order chi connectivity index (χ0) is 15.8. The van der Waals surface area contributed by atoms with Gasteiger partial charge in [-0.2, -0.15) is 0 Å². The lowest BCUT2D eigenvalue weighted by Crippen LogP contribution is -2.57. The molecule has 5 nitrogen and oxygen atoms in total. The van der Waals surface area contributed by atoms with Crippen LogP contribution in [0, 0.1) is 0 Å². The Morgan fingerprint density at radius 3 is 2.87 bits per heavy atom. The van der Waals surface area contributed by atoms with E-state index in [4.69, 9.17) is 0 Å². The lowest BCUT2D eigenvalue weighted by Gasteiger charge is -2.34. The largest absolute Gasteiger partial charge is 0.304 e. The van der Waals surface area contributed by atoms with Crippen LogP contribution in [0.4, 0.5) is 0 Å². The van der Waals surface area contributed by atoms with Crippen LogP contribution in [0.5, 0.6) is 0 Å². The van der Waals surface area contributed by atoms with Crippen LogP contribution in [0.3, 0.4) is 0 Å². The number of carbonyl (C=O) groups is 1. The van der Waals surface area contributed by atoms with E-state index in [1.54, 1.807) is 0 Å². The first-order valence-electron chi connectivity index (χ1n) is 8.17. The third kappa shape index (κ3) is 2.99. The predicted octanol–water partition coefficient (Wildman–Crippen LogP) is 1.19. The fourth-order valence-electron chi connectivity index (χ4n) is 3.35. The number of likely N-dealkylation sites (N-methyl/N-ethyl adjacent to an activating group) is 1. The minimum atomic E-state index is -0.139. The molecule has 1 fully saturated rings. The van der Waals surface area contributed by atoms with Crippen molar-refractivity contribution in [3.8, 4) is 0 Å². The second kappa shape index (κ2) is 6.20. The molecule has 1 amide bonds. The second-order valence-electron chi connectivity index (χ2n) is 6.40. The summed E-state index contributed by atoms with van der Waals surface area (Å²) < 4.78 is 1.32. The Balaban J connectivity index is 1.46. The average Bonchev–Trinajstić information content (AvgIpc) is 2.94. The number of carbonyl (C=O) groups excluding carboxylic acids is 1. The molecular weight excluding hydrogens is 308 g/mol. The predicted molar refractivity (Wildman–Crippen MR) is 93.4 cm³/mol. The first kappa shape index (κ1) is 15.1. The summed E-state index contributed by atoms with van der Waals surface area (Å²) in [5.74, 6) is 0.0930. The normalized spacial score (nSPS) is 22.9. The second-order valence-corrected chi connectivity index (χ2v) is 7.54. The van der Waals surface area contributed by atoms with E-state index in [-0.39, 0.29) is 11.9 Å². The van der Waals surface area contributed by atoms with E-state index in [1.165, 1.54) is 20.5 Å². The Hall–Kier alpha value is -1.47. The molecule has 2 aliphatic heterocycles. The molecule has 2 aromatic rings. The maximum absolute atomic E-state index is 12.6. The highest BCUT2D eigenvalue weighted by atomic mass is 32.1. The quantitative estimate of drug-likeness (QED) is 0.869. The number of nitrogens with one attached hydrogen (secondary N) is 2. The summed E-state index contributed by atoms with van der Waals surface area (Å²) in [5, 5.41) is 6.75. The van der Waals surface area contributed by atoms with Gasteiger partial charge in [0, 0.05) is 42.3 Å². The van der Waals surface area contributed by atoms with Gasteiger partial charge in [0.25, 0.3) is 5.91 Å². The molecule has 0 radical (unpaired) electrons. The molecule has 0 aliphatic carbocycles. The van der Waals surface area contributed by atoms with Crippen molar-refractivity contribution in [1.29, 1.82) is 0 Å².